The zero-order valence-corrected chi connectivity index (χ0v) is 12.6. The van der Waals surface area contributed by atoms with Crippen molar-refractivity contribution in [2.24, 2.45) is 5.84 Å². The van der Waals surface area contributed by atoms with Gasteiger partial charge < -0.3 is 10.7 Å². The summed E-state index contributed by atoms with van der Waals surface area (Å²) in [4.78, 5) is 16.4. The van der Waals surface area contributed by atoms with Gasteiger partial charge in [0, 0.05) is 40.4 Å². The number of pyridine rings is 1. The van der Waals surface area contributed by atoms with Crippen molar-refractivity contribution in [2.75, 3.05) is 23.5 Å². The van der Waals surface area contributed by atoms with Crippen molar-refractivity contribution in [2.45, 2.75) is 6.92 Å². The van der Waals surface area contributed by atoms with E-state index >= 15 is 0 Å². The fourth-order valence-corrected chi connectivity index (χ4v) is 2.62. The number of fused-ring (bicyclic) bond motifs is 1. The van der Waals surface area contributed by atoms with Gasteiger partial charge in [0.05, 0.1) is 5.56 Å². The van der Waals surface area contributed by atoms with Gasteiger partial charge in [-0.2, -0.15) is 0 Å². The average Bonchev–Trinajstić information content (AvgIpc) is 2.53. The van der Waals surface area contributed by atoms with Crippen molar-refractivity contribution < 1.29 is 9.00 Å². The number of hydrogen-bond acceptors (Lipinski definition) is 5. The number of anilines is 1. The summed E-state index contributed by atoms with van der Waals surface area (Å²) in [5.41, 5.74) is 3.00. The van der Waals surface area contributed by atoms with E-state index in [1.54, 1.807) is 0 Å². The minimum absolute atomic E-state index is 0.227. The Balaban J connectivity index is 2.22. The van der Waals surface area contributed by atoms with E-state index in [0.29, 0.717) is 29.4 Å². The Morgan fingerprint density at radius 2 is 2.05 bits per heavy atom. The van der Waals surface area contributed by atoms with Crippen LogP contribution in [-0.2, 0) is 10.8 Å². The topological polar surface area (TPSA) is 97.1 Å². The lowest BCUT2D eigenvalue weighted by atomic mass is 10.1. The summed E-state index contributed by atoms with van der Waals surface area (Å²) in [6, 6.07) is 7.40. The predicted molar refractivity (Wildman–Crippen MR) is 85.4 cm³/mol. The van der Waals surface area contributed by atoms with Crippen molar-refractivity contribution in [1.29, 1.82) is 0 Å². The quantitative estimate of drug-likeness (QED) is 0.547. The monoisotopic (exact) mass is 306 g/mol. The fourth-order valence-electron chi connectivity index (χ4n) is 2.01. The zero-order valence-electron chi connectivity index (χ0n) is 11.8. The number of benzene rings is 1. The minimum atomic E-state index is -0.889. The third-order valence-corrected chi connectivity index (χ3v) is 4.42. The fraction of sp³-hybridized carbons (Fsp3) is 0.286. The van der Waals surface area contributed by atoms with Gasteiger partial charge in [0.25, 0.3) is 5.91 Å². The molecule has 2 rings (SSSR count). The Morgan fingerprint density at radius 1 is 1.33 bits per heavy atom. The summed E-state index contributed by atoms with van der Waals surface area (Å²) >= 11 is 0. The maximum atomic E-state index is 12.2. The predicted octanol–water partition coefficient (Wildman–Crippen LogP) is 1.02. The summed E-state index contributed by atoms with van der Waals surface area (Å²) in [7, 11) is -0.889. The van der Waals surface area contributed by atoms with Crippen LogP contribution < -0.4 is 16.6 Å². The number of nitrogens with two attached hydrogens (primary N) is 1. The highest BCUT2D eigenvalue weighted by atomic mass is 32.2. The Labute approximate surface area is 125 Å². The summed E-state index contributed by atoms with van der Waals surface area (Å²) in [5.74, 6) is 6.77. The van der Waals surface area contributed by atoms with E-state index in [9.17, 15) is 9.00 Å². The Bertz CT molecular complexity index is 675. The molecule has 0 saturated carbocycles. The van der Waals surface area contributed by atoms with E-state index in [4.69, 9.17) is 5.84 Å². The van der Waals surface area contributed by atoms with Crippen LogP contribution in [0, 0.1) is 0 Å². The molecule has 0 radical (unpaired) electrons. The first-order valence-electron chi connectivity index (χ1n) is 6.65. The number of carbonyl (C=O) groups excluding carboxylic acids is 1. The Morgan fingerprint density at radius 3 is 2.71 bits per heavy atom. The summed E-state index contributed by atoms with van der Waals surface area (Å²) in [5, 5.41) is 4.33. The average molecular weight is 306 g/mol. The first-order chi connectivity index (χ1) is 10.2. The van der Waals surface area contributed by atoms with E-state index in [0.717, 1.165) is 10.8 Å². The summed E-state index contributed by atoms with van der Waals surface area (Å²) < 4.78 is 11.4. The SMILES string of the molecule is CCS(=O)CCNC(=O)c1cnc(NN)c2ccccc12. The number of rotatable bonds is 6. The van der Waals surface area contributed by atoms with Crippen molar-refractivity contribution in [1.82, 2.24) is 10.3 Å². The highest BCUT2D eigenvalue weighted by Crippen LogP contribution is 2.23. The second-order valence-electron chi connectivity index (χ2n) is 4.40. The Hall–Kier alpha value is -1.99. The van der Waals surface area contributed by atoms with Gasteiger partial charge in [0.2, 0.25) is 0 Å². The molecule has 2 aromatic rings. The lowest BCUT2D eigenvalue weighted by molar-refractivity contribution is 0.0957. The van der Waals surface area contributed by atoms with Crippen molar-refractivity contribution >= 4 is 33.3 Å². The third-order valence-electron chi connectivity index (χ3n) is 3.11. The van der Waals surface area contributed by atoms with Gasteiger partial charge in [-0.25, -0.2) is 10.8 Å². The van der Waals surface area contributed by atoms with Gasteiger partial charge in [-0.15, -0.1) is 0 Å². The van der Waals surface area contributed by atoms with Gasteiger partial charge in [0.15, 0.2) is 0 Å². The number of nitrogen functional groups attached to an aromatic ring is 1. The molecular weight excluding hydrogens is 288 g/mol. The standard InChI is InChI=1S/C14H18N4O2S/c1-2-21(20)8-7-16-14(19)12-9-17-13(18-15)11-6-4-3-5-10(11)12/h3-6,9H,2,7-8,15H2,1H3,(H,16,19)(H,17,18). The molecule has 7 heteroatoms. The van der Waals surface area contributed by atoms with E-state index in [-0.39, 0.29) is 5.91 Å². The highest BCUT2D eigenvalue weighted by Gasteiger charge is 2.12. The molecule has 4 N–H and O–H groups in total. The van der Waals surface area contributed by atoms with Crippen LogP contribution in [0.25, 0.3) is 10.8 Å². The first-order valence-corrected chi connectivity index (χ1v) is 8.13. The van der Waals surface area contributed by atoms with E-state index < -0.39 is 10.8 Å². The maximum absolute atomic E-state index is 12.2. The zero-order chi connectivity index (χ0) is 15.2. The van der Waals surface area contributed by atoms with Gasteiger partial charge in [-0.1, -0.05) is 31.2 Å². The molecule has 1 atom stereocenters. The van der Waals surface area contributed by atoms with Crippen LogP contribution in [0.5, 0.6) is 0 Å². The lowest BCUT2D eigenvalue weighted by Gasteiger charge is -2.10. The molecule has 1 aromatic carbocycles. The molecule has 21 heavy (non-hydrogen) atoms. The molecule has 0 aliphatic carbocycles. The molecule has 0 bridgehead atoms. The van der Waals surface area contributed by atoms with Crippen LogP contribution >= 0.6 is 0 Å². The van der Waals surface area contributed by atoms with Crippen LogP contribution in [-0.4, -0.2) is 33.2 Å². The van der Waals surface area contributed by atoms with Crippen LogP contribution in [0.4, 0.5) is 5.82 Å². The van der Waals surface area contributed by atoms with Crippen LogP contribution in [0.3, 0.4) is 0 Å². The third kappa shape index (κ3) is 3.56. The molecule has 1 heterocycles. The van der Waals surface area contributed by atoms with E-state index in [1.807, 2.05) is 31.2 Å². The number of carbonyl (C=O) groups is 1. The van der Waals surface area contributed by atoms with E-state index in [1.165, 1.54) is 6.20 Å². The second-order valence-corrected chi connectivity index (χ2v) is 6.26. The summed E-state index contributed by atoms with van der Waals surface area (Å²) in [6.07, 6.45) is 1.49. The maximum Gasteiger partial charge on any atom is 0.253 e. The number of nitrogens with zero attached hydrogens (tertiary/aromatic N) is 1. The van der Waals surface area contributed by atoms with Crippen molar-refractivity contribution in [3.05, 3.63) is 36.0 Å². The molecular formula is C14H18N4O2S. The lowest BCUT2D eigenvalue weighted by Crippen LogP contribution is -2.28. The molecule has 1 aromatic heterocycles. The van der Waals surface area contributed by atoms with E-state index in [2.05, 4.69) is 15.7 Å². The summed E-state index contributed by atoms with van der Waals surface area (Å²) in [6.45, 7) is 2.23. The van der Waals surface area contributed by atoms with Crippen molar-refractivity contribution in [3.63, 3.8) is 0 Å². The van der Waals surface area contributed by atoms with Crippen LogP contribution in [0.1, 0.15) is 17.3 Å². The van der Waals surface area contributed by atoms with Crippen LogP contribution in [0.2, 0.25) is 0 Å². The molecule has 0 saturated heterocycles. The van der Waals surface area contributed by atoms with Gasteiger partial charge in [0.1, 0.15) is 5.82 Å². The largest absolute Gasteiger partial charge is 0.351 e. The molecule has 112 valence electrons. The van der Waals surface area contributed by atoms with Gasteiger partial charge in [-0.3, -0.25) is 9.00 Å². The molecule has 0 spiro atoms. The Kier molecular flexibility index (Phi) is 5.24. The number of hydrogen-bond donors (Lipinski definition) is 3. The molecule has 1 amide bonds. The smallest absolute Gasteiger partial charge is 0.253 e. The number of aromatic nitrogens is 1. The second kappa shape index (κ2) is 7.14. The normalized spacial score (nSPS) is 12.1. The van der Waals surface area contributed by atoms with Gasteiger partial charge >= 0.3 is 0 Å². The van der Waals surface area contributed by atoms with Crippen molar-refractivity contribution in [3.8, 4) is 0 Å². The number of nitrogens with one attached hydrogen (secondary N) is 2. The molecule has 0 aliphatic rings. The molecule has 0 fully saturated rings. The number of hydrazine groups is 1. The first kappa shape index (κ1) is 15.4. The number of amides is 1. The molecule has 1 unspecified atom stereocenters. The highest BCUT2D eigenvalue weighted by molar-refractivity contribution is 7.84. The molecule has 6 nitrogen and oxygen atoms in total. The minimum Gasteiger partial charge on any atom is -0.351 e. The van der Waals surface area contributed by atoms with Crippen LogP contribution in [0.15, 0.2) is 30.5 Å². The molecule has 0 aliphatic heterocycles. The van der Waals surface area contributed by atoms with Gasteiger partial charge in [-0.05, 0) is 5.39 Å².